The Balaban J connectivity index is 0.00000225. The van der Waals surface area contributed by atoms with E-state index in [2.05, 4.69) is 59.0 Å². The van der Waals surface area contributed by atoms with Gasteiger partial charge >= 0.3 is 0 Å². The van der Waals surface area contributed by atoms with Crippen molar-refractivity contribution >= 4 is 12.4 Å². The van der Waals surface area contributed by atoms with Crippen molar-refractivity contribution in [3.63, 3.8) is 0 Å². The van der Waals surface area contributed by atoms with E-state index in [1.165, 1.54) is 5.56 Å². The Morgan fingerprint density at radius 2 is 1.54 bits per heavy atom. The number of rotatable bonds is 7. The first kappa shape index (κ1) is 19.8. The van der Waals surface area contributed by atoms with E-state index in [0.29, 0.717) is 0 Å². The van der Waals surface area contributed by atoms with Gasteiger partial charge in [0, 0.05) is 48.7 Å². The van der Waals surface area contributed by atoms with E-state index in [1.54, 1.807) is 0 Å². The van der Waals surface area contributed by atoms with Gasteiger partial charge in [-0.1, -0.05) is 54.6 Å². The molecule has 0 aliphatic carbocycles. The van der Waals surface area contributed by atoms with E-state index < -0.39 is 0 Å². The summed E-state index contributed by atoms with van der Waals surface area (Å²) >= 11 is 0. The summed E-state index contributed by atoms with van der Waals surface area (Å²) in [6.45, 7) is 1.64. The Morgan fingerprint density at radius 3 is 2.25 bits per heavy atom. The summed E-state index contributed by atoms with van der Waals surface area (Å²) in [6, 6.07) is 26.6. The molecule has 28 heavy (non-hydrogen) atoms. The van der Waals surface area contributed by atoms with Crippen LogP contribution in [0.4, 0.5) is 0 Å². The van der Waals surface area contributed by atoms with Crippen molar-refractivity contribution in [1.29, 1.82) is 0 Å². The van der Waals surface area contributed by atoms with Crippen molar-refractivity contribution in [2.45, 2.75) is 13.0 Å². The third kappa shape index (κ3) is 4.85. The summed E-state index contributed by atoms with van der Waals surface area (Å²) in [5.74, 6) is 0. The van der Waals surface area contributed by atoms with Gasteiger partial charge in [0.15, 0.2) is 0 Å². The average molecular weight is 391 g/mol. The Hall–Kier alpha value is -2.95. The highest BCUT2D eigenvalue weighted by molar-refractivity contribution is 5.85. The van der Waals surface area contributed by atoms with Crippen molar-refractivity contribution in [3.05, 3.63) is 103 Å². The molecule has 142 valence electrons. The molecule has 0 fully saturated rings. The highest BCUT2D eigenvalue weighted by Gasteiger charge is 2.11. The fourth-order valence-corrected chi connectivity index (χ4v) is 3.08. The van der Waals surface area contributed by atoms with E-state index in [9.17, 15) is 0 Å². The molecule has 0 radical (unpaired) electrons. The topological polar surface area (TPSA) is 42.7 Å². The monoisotopic (exact) mass is 390 g/mol. The largest absolute Gasteiger partial charge is 0.312 e. The van der Waals surface area contributed by atoms with Gasteiger partial charge in [0.05, 0.1) is 11.4 Å². The van der Waals surface area contributed by atoms with E-state index in [-0.39, 0.29) is 12.4 Å². The molecule has 2 heterocycles. The van der Waals surface area contributed by atoms with E-state index >= 15 is 0 Å². The third-order valence-corrected chi connectivity index (χ3v) is 4.46. The zero-order valence-corrected chi connectivity index (χ0v) is 16.3. The minimum absolute atomic E-state index is 0. The predicted octanol–water partition coefficient (Wildman–Crippen LogP) is 4.69. The zero-order chi connectivity index (χ0) is 18.3. The lowest BCUT2D eigenvalue weighted by atomic mass is 10.1. The first-order valence-corrected chi connectivity index (χ1v) is 9.20. The number of aromatic nitrogens is 3. The number of nitrogens with zero attached hydrogens (tertiary/aromatic N) is 3. The minimum atomic E-state index is 0. The normalized spacial score (nSPS) is 10.4. The maximum Gasteiger partial charge on any atom is 0.0972 e. The second-order valence-corrected chi connectivity index (χ2v) is 6.40. The van der Waals surface area contributed by atoms with Crippen LogP contribution in [0.3, 0.4) is 0 Å². The van der Waals surface area contributed by atoms with E-state index in [1.807, 2.05) is 47.3 Å². The Kier molecular flexibility index (Phi) is 6.95. The quantitative estimate of drug-likeness (QED) is 0.465. The molecule has 0 bridgehead atoms. The number of hydrogen-bond donors (Lipinski definition) is 1. The van der Waals surface area contributed by atoms with Gasteiger partial charge in [0.1, 0.15) is 0 Å². The predicted molar refractivity (Wildman–Crippen MR) is 116 cm³/mol. The molecular formula is C23H23ClN4. The molecular weight excluding hydrogens is 368 g/mol. The Morgan fingerprint density at radius 1 is 0.821 bits per heavy atom. The van der Waals surface area contributed by atoms with Gasteiger partial charge in [-0.2, -0.15) is 5.10 Å². The molecule has 0 amide bonds. The Labute approximate surface area is 171 Å². The molecule has 0 unspecified atom stereocenters. The van der Waals surface area contributed by atoms with Gasteiger partial charge in [-0.3, -0.25) is 4.98 Å². The molecule has 5 heteroatoms. The molecule has 0 atom stereocenters. The first-order chi connectivity index (χ1) is 13.4. The summed E-state index contributed by atoms with van der Waals surface area (Å²) in [5, 5.41) is 8.38. The van der Waals surface area contributed by atoms with Crippen LogP contribution in [-0.2, 0) is 13.0 Å². The lowest BCUT2D eigenvalue weighted by molar-refractivity contribution is 0.680. The third-order valence-electron chi connectivity index (χ3n) is 4.46. The lowest BCUT2D eigenvalue weighted by Crippen LogP contribution is -2.17. The van der Waals surface area contributed by atoms with Crippen LogP contribution in [0.2, 0.25) is 0 Å². The minimum Gasteiger partial charge on any atom is -0.312 e. The SMILES string of the molecule is Cl.c1ccc(-c2nn(-c3ccccc3)cc2CNCCc2ccccn2)cc1. The molecule has 4 rings (SSSR count). The summed E-state index contributed by atoms with van der Waals surface area (Å²) in [5.41, 5.74) is 5.51. The second-order valence-electron chi connectivity index (χ2n) is 6.40. The van der Waals surface area contributed by atoms with Gasteiger partial charge in [0.25, 0.3) is 0 Å². The second kappa shape index (κ2) is 9.83. The summed E-state index contributed by atoms with van der Waals surface area (Å²) in [6.07, 6.45) is 4.87. The van der Waals surface area contributed by atoms with Crippen molar-refractivity contribution in [2.24, 2.45) is 0 Å². The van der Waals surface area contributed by atoms with Crippen LogP contribution in [-0.4, -0.2) is 21.3 Å². The van der Waals surface area contributed by atoms with Crippen LogP contribution in [0.25, 0.3) is 16.9 Å². The number of pyridine rings is 1. The van der Waals surface area contributed by atoms with E-state index in [4.69, 9.17) is 5.10 Å². The van der Waals surface area contributed by atoms with Crippen molar-refractivity contribution in [1.82, 2.24) is 20.1 Å². The molecule has 1 N–H and O–H groups in total. The van der Waals surface area contributed by atoms with Crippen molar-refractivity contribution < 1.29 is 0 Å². The van der Waals surface area contributed by atoms with Crippen LogP contribution in [0, 0.1) is 0 Å². The van der Waals surface area contributed by atoms with E-state index in [0.717, 1.165) is 42.1 Å². The van der Waals surface area contributed by atoms with Crippen LogP contribution >= 0.6 is 12.4 Å². The fourth-order valence-electron chi connectivity index (χ4n) is 3.08. The van der Waals surface area contributed by atoms with Gasteiger partial charge in [0.2, 0.25) is 0 Å². The summed E-state index contributed by atoms with van der Waals surface area (Å²) in [4.78, 5) is 4.38. The molecule has 0 saturated carbocycles. The lowest BCUT2D eigenvalue weighted by Gasteiger charge is -2.05. The van der Waals surface area contributed by atoms with Crippen LogP contribution in [0.15, 0.2) is 91.3 Å². The summed E-state index contributed by atoms with van der Waals surface area (Å²) < 4.78 is 1.96. The maximum absolute atomic E-state index is 4.85. The summed E-state index contributed by atoms with van der Waals surface area (Å²) in [7, 11) is 0. The highest BCUT2D eigenvalue weighted by atomic mass is 35.5. The van der Waals surface area contributed by atoms with Crippen molar-refractivity contribution in [3.8, 4) is 16.9 Å². The Bertz CT molecular complexity index is 969. The number of para-hydroxylation sites is 1. The number of benzene rings is 2. The molecule has 2 aromatic heterocycles. The van der Waals surface area contributed by atoms with Gasteiger partial charge < -0.3 is 5.32 Å². The first-order valence-electron chi connectivity index (χ1n) is 9.20. The average Bonchev–Trinajstić information content (AvgIpc) is 3.17. The van der Waals surface area contributed by atoms with Crippen LogP contribution in [0.5, 0.6) is 0 Å². The van der Waals surface area contributed by atoms with Gasteiger partial charge in [-0.15, -0.1) is 12.4 Å². The number of nitrogens with one attached hydrogen (secondary N) is 1. The maximum atomic E-state index is 4.85. The zero-order valence-electron chi connectivity index (χ0n) is 15.5. The molecule has 4 nitrogen and oxygen atoms in total. The van der Waals surface area contributed by atoms with Crippen molar-refractivity contribution in [2.75, 3.05) is 6.54 Å². The highest BCUT2D eigenvalue weighted by Crippen LogP contribution is 2.23. The smallest absolute Gasteiger partial charge is 0.0972 e. The molecule has 0 spiro atoms. The molecule has 0 saturated heterocycles. The molecule has 4 aromatic rings. The standard InChI is InChI=1S/C23H22N4.ClH/c1-3-9-19(10-4-1)23-20(17-24-16-14-21-11-7-8-15-25-21)18-27(26-23)22-12-5-2-6-13-22;/h1-13,15,18,24H,14,16-17H2;1H. The molecule has 0 aliphatic heterocycles. The number of hydrogen-bond acceptors (Lipinski definition) is 3. The van der Waals surface area contributed by atoms with Crippen LogP contribution in [0.1, 0.15) is 11.3 Å². The van der Waals surface area contributed by atoms with Gasteiger partial charge in [-0.05, 0) is 24.3 Å². The fraction of sp³-hybridized carbons (Fsp3) is 0.130. The number of halogens is 1. The molecule has 2 aromatic carbocycles. The van der Waals surface area contributed by atoms with Gasteiger partial charge in [-0.25, -0.2) is 4.68 Å². The molecule has 0 aliphatic rings. The van der Waals surface area contributed by atoms with Crippen LogP contribution < -0.4 is 5.32 Å².